The van der Waals surface area contributed by atoms with Crippen LogP contribution in [0.3, 0.4) is 0 Å². The standard InChI is InChI=1S/C13H26N2O3S/c1-14-13(11-16)5-2-3-12(13)4-6-15-7-9-19(17,18)10-8-15/h12,14,16H,2-11H2,1H3. The fourth-order valence-electron chi connectivity index (χ4n) is 3.49. The van der Waals surface area contributed by atoms with Crippen LogP contribution in [0.25, 0.3) is 0 Å². The Morgan fingerprint density at radius 3 is 2.63 bits per heavy atom. The lowest BCUT2D eigenvalue weighted by atomic mass is 9.85. The molecule has 1 aliphatic carbocycles. The minimum absolute atomic E-state index is 0.109. The van der Waals surface area contributed by atoms with Crippen LogP contribution in [0.4, 0.5) is 0 Å². The molecule has 112 valence electrons. The van der Waals surface area contributed by atoms with Crippen molar-refractivity contribution in [1.82, 2.24) is 10.2 Å². The zero-order valence-electron chi connectivity index (χ0n) is 11.8. The Labute approximate surface area is 116 Å². The Morgan fingerprint density at radius 1 is 1.37 bits per heavy atom. The SMILES string of the molecule is CNC1(CO)CCCC1CCN1CCS(=O)(=O)CC1. The second-order valence-corrected chi connectivity index (χ2v) is 8.24. The highest BCUT2D eigenvalue weighted by Gasteiger charge is 2.40. The molecule has 2 N–H and O–H groups in total. The first-order chi connectivity index (χ1) is 9.01. The monoisotopic (exact) mass is 290 g/mol. The number of aliphatic hydroxyl groups excluding tert-OH is 1. The van der Waals surface area contributed by atoms with Gasteiger partial charge in [-0.2, -0.15) is 0 Å². The highest BCUT2D eigenvalue weighted by atomic mass is 32.2. The molecule has 5 nitrogen and oxygen atoms in total. The second-order valence-electron chi connectivity index (χ2n) is 5.94. The summed E-state index contributed by atoms with van der Waals surface area (Å²) in [5.41, 5.74) is -0.109. The first kappa shape index (κ1) is 15.2. The van der Waals surface area contributed by atoms with Crippen LogP contribution < -0.4 is 5.32 Å². The fraction of sp³-hybridized carbons (Fsp3) is 1.00. The van der Waals surface area contributed by atoms with Crippen molar-refractivity contribution in [2.75, 3.05) is 44.8 Å². The molecule has 1 saturated heterocycles. The molecule has 0 bridgehead atoms. The van der Waals surface area contributed by atoms with Gasteiger partial charge in [-0.3, -0.25) is 0 Å². The number of hydrogen-bond donors (Lipinski definition) is 2. The minimum Gasteiger partial charge on any atom is -0.394 e. The van der Waals surface area contributed by atoms with Crippen molar-refractivity contribution < 1.29 is 13.5 Å². The van der Waals surface area contributed by atoms with Gasteiger partial charge in [-0.15, -0.1) is 0 Å². The topological polar surface area (TPSA) is 69.6 Å². The summed E-state index contributed by atoms with van der Waals surface area (Å²) in [7, 11) is -0.847. The van der Waals surface area contributed by atoms with Gasteiger partial charge in [-0.05, 0) is 38.8 Å². The predicted molar refractivity (Wildman–Crippen MR) is 75.9 cm³/mol. The van der Waals surface area contributed by atoms with Gasteiger partial charge < -0.3 is 15.3 Å². The lowest BCUT2D eigenvalue weighted by molar-refractivity contribution is 0.119. The van der Waals surface area contributed by atoms with Gasteiger partial charge in [0.15, 0.2) is 9.84 Å². The highest BCUT2D eigenvalue weighted by molar-refractivity contribution is 7.91. The van der Waals surface area contributed by atoms with Gasteiger partial charge in [0.2, 0.25) is 0 Å². The number of aliphatic hydroxyl groups is 1. The average Bonchev–Trinajstić information content (AvgIpc) is 2.81. The second kappa shape index (κ2) is 6.08. The maximum absolute atomic E-state index is 11.4. The normalized spacial score (nSPS) is 35.6. The van der Waals surface area contributed by atoms with Crippen molar-refractivity contribution in [2.45, 2.75) is 31.2 Å². The van der Waals surface area contributed by atoms with Crippen LogP contribution in [0, 0.1) is 5.92 Å². The number of sulfone groups is 1. The molecule has 19 heavy (non-hydrogen) atoms. The number of hydrogen-bond acceptors (Lipinski definition) is 5. The molecule has 0 amide bonds. The van der Waals surface area contributed by atoms with E-state index in [2.05, 4.69) is 10.2 Å². The third-order valence-corrected chi connectivity index (χ3v) is 6.58. The van der Waals surface area contributed by atoms with E-state index in [-0.39, 0.29) is 12.1 Å². The van der Waals surface area contributed by atoms with E-state index >= 15 is 0 Å². The van der Waals surface area contributed by atoms with Crippen molar-refractivity contribution in [2.24, 2.45) is 5.92 Å². The molecule has 2 fully saturated rings. The predicted octanol–water partition coefficient (Wildman–Crippen LogP) is -0.142. The maximum Gasteiger partial charge on any atom is 0.152 e. The van der Waals surface area contributed by atoms with Crippen molar-refractivity contribution in [1.29, 1.82) is 0 Å². The molecular weight excluding hydrogens is 264 g/mol. The third-order valence-electron chi connectivity index (χ3n) is 4.97. The molecular formula is C13H26N2O3S. The first-order valence-corrected chi connectivity index (χ1v) is 9.06. The zero-order valence-corrected chi connectivity index (χ0v) is 12.6. The van der Waals surface area contributed by atoms with E-state index in [0.29, 0.717) is 30.5 Å². The van der Waals surface area contributed by atoms with E-state index in [1.54, 1.807) is 0 Å². The fourth-order valence-corrected chi connectivity index (χ4v) is 4.77. The highest BCUT2D eigenvalue weighted by Crippen LogP contribution is 2.37. The molecule has 2 rings (SSSR count). The Hall–Kier alpha value is -0.170. The van der Waals surface area contributed by atoms with Crippen LogP contribution in [0.2, 0.25) is 0 Å². The van der Waals surface area contributed by atoms with E-state index in [1.165, 1.54) is 6.42 Å². The van der Waals surface area contributed by atoms with Gasteiger partial charge in [0.1, 0.15) is 0 Å². The third kappa shape index (κ3) is 3.48. The van der Waals surface area contributed by atoms with E-state index in [4.69, 9.17) is 0 Å². The van der Waals surface area contributed by atoms with E-state index in [1.807, 2.05) is 7.05 Å². The molecule has 0 aromatic carbocycles. The number of nitrogens with one attached hydrogen (secondary N) is 1. The summed E-state index contributed by atoms with van der Waals surface area (Å²) in [6.45, 7) is 2.48. The molecule has 1 aliphatic heterocycles. The smallest absolute Gasteiger partial charge is 0.152 e. The summed E-state index contributed by atoms with van der Waals surface area (Å²) < 4.78 is 22.8. The van der Waals surface area contributed by atoms with Crippen LogP contribution in [0.5, 0.6) is 0 Å². The molecule has 2 unspecified atom stereocenters. The van der Waals surface area contributed by atoms with Gasteiger partial charge in [0.25, 0.3) is 0 Å². The van der Waals surface area contributed by atoms with Crippen molar-refractivity contribution in [3.05, 3.63) is 0 Å². The van der Waals surface area contributed by atoms with Gasteiger partial charge in [-0.25, -0.2) is 8.42 Å². The number of rotatable bonds is 5. The molecule has 1 saturated carbocycles. The van der Waals surface area contributed by atoms with Crippen LogP contribution in [0.1, 0.15) is 25.7 Å². The summed E-state index contributed by atoms with van der Waals surface area (Å²) in [6.07, 6.45) is 4.41. The maximum atomic E-state index is 11.4. The number of nitrogens with zero attached hydrogens (tertiary/aromatic N) is 1. The first-order valence-electron chi connectivity index (χ1n) is 7.24. The van der Waals surface area contributed by atoms with Gasteiger partial charge in [0.05, 0.1) is 18.1 Å². The molecule has 0 aromatic heterocycles. The molecule has 6 heteroatoms. The molecule has 0 spiro atoms. The summed E-state index contributed by atoms with van der Waals surface area (Å²) in [5.74, 6) is 1.10. The van der Waals surface area contributed by atoms with Gasteiger partial charge in [-0.1, -0.05) is 6.42 Å². The van der Waals surface area contributed by atoms with Crippen molar-refractivity contribution in [3.63, 3.8) is 0 Å². The average molecular weight is 290 g/mol. The summed E-state index contributed by atoms with van der Waals surface area (Å²) in [5, 5.41) is 13.0. The Kier molecular flexibility index (Phi) is 4.87. The minimum atomic E-state index is -2.78. The quantitative estimate of drug-likeness (QED) is 0.737. The van der Waals surface area contributed by atoms with Crippen molar-refractivity contribution in [3.8, 4) is 0 Å². The van der Waals surface area contributed by atoms with Crippen LogP contribution >= 0.6 is 0 Å². The number of likely N-dealkylation sites (N-methyl/N-ethyl adjacent to an activating group) is 1. The Morgan fingerprint density at radius 2 is 2.05 bits per heavy atom. The van der Waals surface area contributed by atoms with Crippen LogP contribution in [-0.2, 0) is 9.84 Å². The molecule has 1 heterocycles. The summed E-state index contributed by atoms with van der Waals surface area (Å²) in [4.78, 5) is 2.25. The van der Waals surface area contributed by atoms with Crippen LogP contribution in [0.15, 0.2) is 0 Å². The summed E-state index contributed by atoms with van der Waals surface area (Å²) >= 11 is 0. The molecule has 2 aliphatic rings. The Balaban J connectivity index is 1.82. The van der Waals surface area contributed by atoms with Gasteiger partial charge in [0, 0.05) is 18.6 Å². The van der Waals surface area contributed by atoms with E-state index in [0.717, 1.165) is 25.8 Å². The zero-order chi connectivity index (χ0) is 13.9. The van der Waals surface area contributed by atoms with Gasteiger partial charge >= 0.3 is 0 Å². The van der Waals surface area contributed by atoms with E-state index < -0.39 is 9.84 Å². The van der Waals surface area contributed by atoms with Crippen LogP contribution in [-0.4, -0.2) is 68.8 Å². The molecule has 2 atom stereocenters. The molecule has 0 aromatic rings. The molecule has 0 radical (unpaired) electrons. The Bertz CT molecular complexity index is 379. The largest absolute Gasteiger partial charge is 0.394 e. The summed E-state index contributed by atoms with van der Waals surface area (Å²) in [6, 6.07) is 0. The lowest BCUT2D eigenvalue weighted by Crippen LogP contribution is -2.50. The lowest BCUT2D eigenvalue weighted by Gasteiger charge is -2.35. The van der Waals surface area contributed by atoms with Crippen molar-refractivity contribution >= 4 is 9.84 Å². The van der Waals surface area contributed by atoms with E-state index in [9.17, 15) is 13.5 Å².